The van der Waals surface area contributed by atoms with E-state index >= 15 is 0 Å². The number of aliphatic hydroxyl groups excluding tert-OH is 1. The molecule has 1 aliphatic carbocycles. The molecule has 170 valence electrons. The van der Waals surface area contributed by atoms with Gasteiger partial charge in [-0.1, -0.05) is 60.5 Å². The van der Waals surface area contributed by atoms with Crippen molar-refractivity contribution in [3.05, 3.63) is 82.4 Å². The van der Waals surface area contributed by atoms with Gasteiger partial charge in [-0.2, -0.15) is 0 Å². The molecule has 1 unspecified atom stereocenters. The van der Waals surface area contributed by atoms with Crippen LogP contribution in [-0.4, -0.2) is 28.6 Å². The molecule has 32 heavy (non-hydrogen) atoms. The molecule has 1 heterocycles. The summed E-state index contributed by atoms with van der Waals surface area (Å²) >= 11 is 12.6. The number of carbonyl (C=O) groups excluding carboxylic acids is 1. The van der Waals surface area contributed by atoms with E-state index in [1.165, 1.54) is 0 Å². The van der Waals surface area contributed by atoms with Gasteiger partial charge < -0.3 is 10.0 Å². The molecule has 1 saturated carbocycles. The van der Waals surface area contributed by atoms with Crippen molar-refractivity contribution in [3.63, 3.8) is 0 Å². The van der Waals surface area contributed by atoms with Gasteiger partial charge in [0.15, 0.2) is 0 Å². The number of hydrogen-bond acceptors (Lipinski definition) is 2. The lowest BCUT2D eigenvalue weighted by Gasteiger charge is -2.53. The van der Waals surface area contributed by atoms with E-state index in [0.29, 0.717) is 28.8 Å². The van der Waals surface area contributed by atoms with Crippen molar-refractivity contribution in [2.24, 2.45) is 11.3 Å². The van der Waals surface area contributed by atoms with Crippen LogP contribution in [0.5, 0.6) is 0 Å². The maximum Gasteiger partial charge on any atom is 0.229 e. The Morgan fingerprint density at radius 1 is 1.16 bits per heavy atom. The summed E-state index contributed by atoms with van der Waals surface area (Å²) in [7, 11) is 0. The van der Waals surface area contributed by atoms with Crippen molar-refractivity contribution in [2.45, 2.75) is 57.0 Å². The minimum absolute atomic E-state index is 0.0311. The van der Waals surface area contributed by atoms with Crippen molar-refractivity contribution >= 4 is 29.1 Å². The molecule has 0 spiro atoms. The summed E-state index contributed by atoms with van der Waals surface area (Å²) in [5, 5.41) is 11.8. The molecule has 2 aromatic carbocycles. The normalized spacial score (nSPS) is 26.8. The Kier molecular flexibility index (Phi) is 7.00. The van der Waals surface area contributed by atoms with Gasteiger partial charge in [-0.3, -0.25) is 4.79 Å². The summed E-state index contributed by atoms with van der Waals surface area (Å²) in [6.45, 7) is 6.02. The number of carbonyl (C=O) groups is 1. The zero-order chi connectivity index (χ0) is 22.9. The topological polar surface area (TPSA) is 40.5 Å². The van der Waals surface area contributed by atoms with E-state index < -0.39 is 5.41 Å². The Balaban J connectivity index is 1.91. The first kappa shape index (κ1) is 23.4. The molecule has 0 bridgehead atoms. The lowest BCUT2D eigenvalue weighted by atomic mass is 9.65. The molecular weight excluding hydrogens is 441 g/mol. The number of hydrogen-bond donors (Lipinski definition) is 1. The third kappa shape index (κ3) is 4.35. The van der Waals surface area contributed by atoms with Gasteiger partial charge in [-0.05, 0) is 73.4 Å². The predicted octanol–water partition coefficient (Wildman–Crippen LogP) is 6.79. The van der Waals surface area contributed by atoms with E-state index in [0.717, 1.165) is 30.4 Å². The Bertz CT molecular complexity index is 972. The summed E-state index contributed by atoms with van der Waals surface area (Å²) in [4.78, 5) is 16.2. The quantitative estimate of drug-likeness (QED) is 0.430. The molecule has 4 rings (SSSR count). The van der Waals surface area contributed by atoms with E-state index in [2.05, 4.69) is 19.6 Å². The van der Waals surface area contributed by atoms with E-state index in [9.17, 15) is 9.90 Å². The van der Waals surface area contributed by atoms with Gasteiger partial charge in [-0.15, -0.1) is 6.58 Å². The van der Waals surface area contributed by atoms with E-state index in [-0.39, 0.29) is 30.5 Å². The average molecular weight is 472 g/mol. The van der Waals surface area contributed by atoms with Crippen molar-refractivity contribution in [1.82, 2.24) is 4.90 Å². The lowest BCUT2D eigenvalue weighted by molar-refractivity contribution is -0.158. The van der Waals surface area contributed by atoms with Crippen molar-refractivity contribution < 1.29 is 9.90 Å². The first-order valence-corrected chi connectivity index (χ1v) is 12.2. The number of allylic oxidation sites excluding steroid dienone is 1. The van der Waals surface area contributed by atoms with Crippen molar-refractivity contribution in [1.29, 1.82) is 0 Å². The zero-order valence-electron chi connectivity index (χ0n) is 18.5. The van der Waals surface area contributed by atoms with Crippen molar-refractivity contribution in [3.8, 4) is 0 Å². The molecule has 5 heteroatoms. The maximum atomic E-state index is 14.2. The molecule has 3 nitrogen and oxygen atoms in total. The van der Waals surface area contributed by atoms with Crippen LogP contribution in [-0.2, 0) is 4.79 Å². The standard InChI is InChI=1S/C27H31Cl2NO2/c1-3-14-27(4-2)16-23(20-6-5-7-22(29)15-20)25(19-10-12-21(28)13-11-19)30(26(27)32)24(17-31)18-8-9-18/h3,5-7,10-13,15,18,23-25,31H,1,4,8-9,14,16-17H2,2H3/t23?,24-,25-,27+/m1/s1. The lowest BCUT2D eigenvalue weighted by Crippen LogP contribution is -2.57. The van der Waals surface area contributed by atoms with Gasteiger partial charge in [0.25, 0.3) is 0 Å². The number of amides is 1. The highest BCUT2D eigenvalue weighted by Crippen LogP contribution is 2.55. The molecule has 2 aromatic rings. The number of piperidine rings is 1. The highest BCUT2D eigenvalue weighted by atomic mass is 35.5. The molecule has 1 saturated heterocycles. The Morgan fingerprint density at radius 3 is 2.44 bits per heavy atom. The van der Waals surface area contributed by atoms with Crippen LogP contribution in [0.25, 0.3) is 0 Å². The van der Waals surface area contributed by atoms with Crippen LogP contribution < -0.4 is 0 Å². The smallest absolute Gasteiger partial charge is 0.229 e. The third-order valence-electron chi connectivity index (χ3n) is 7.39. The second-order valence-electron chi connectivity index (χ2n) is 9.29. The molecule has 4 atom stereocenters. The summed E-state index contributed by atoms with van der Waals surface area (Å²) in [5.41, 5.74) is 1.61. The van der Waals surface area contributed by atoms with Crippen LogP contribution in [0.3, 0.4) is 0 Å². The minimum Gasteiger partial charge on any atom is -0.394 e. The Hall–Kier alpha value is -1.81. The molecule has 0 radical (unpaired) electrons. The van der Waals surface area contributed by atoms with Gasteiger partial charge in [0.05, 0.1) is 24.1 Å². The number of aliphatic hydroxyl groups is 1. The third-order valence-corrected chi connectivity index (χ3v) is 7.88. The summed E-state index contributed by atoms with van der Waals surface area (Å²) < 4.78 is 0. The molecule has 1 aliphatic heterocycles. The monoisotopic (exact) mass is 471 g/mol. The first-order chi connectivity index (χ1) is 15.4. The van der Waals surface area contributed by atoms with Gasteiger partial charge >= 0.3 is 0 Å². The molecule has 2 fully saturated rings. The fourth-order valence-electron chi connectivity index (χ4n) is 5.49. The van der Waals surface area contributed by atoms with Gasteiger partial charge in [0.2, 0.25) is 5.91 Å². The number of halogens is 2. The van der Waals surface area contributed by atoms with Crippen LogP contribution >= 0.6 is 23.2 Å². The molecular formula is C27H31Cl2NO2. The fraction of sp³-hybridized carbons (Fsp3) is 0.444. The van der Waals surface area contributed by atoms with Crippen LogP contribution in [0.1, 0.15) is 62.1 Å². The first-order valence-electron chi connectivity index (χ1n) is 11.5. The molecule has 1 N–H and O–H groups in total. The van der Waals surface area contributed by atoms with Gasteiger partial charge in [0.1, 0.15) is 0 Å². The summed E-state index contributed by atoms with van der Waals surface area (Å²) in [6, 6.07) is 15.4. The highest BCUT2D eigenvalue weighted by molar-refractivity contribution is 6.30. The molecule has 1 amide bonds. The van der Waals surface area contributed by atoms with Crippen LogP contribution in [0.2, 0.25) is 10.0 Å². The Labute approximate surface area is 201 Å². The minimum atomic E-state index is -0.542. The molecule has 0 aromatic heterocycles. The summed E-state index contributed by atoms with van der Waals surface area (Å²) in [5.74, 6) is 0.513. The number of nitrogens with zero attached hydrogens (tertiary/aromatic N) is 1. The van der Waals surface area contributed by atoms with E-state index in [1.807, 2.05) is 53.4 Å². The number of likely N-dealkylation sites (tertiary alicyclic amines) is 1. The highest BCUT2D eigenvalue weighted by Gasteiger charge is 2.54. The van der Waals surface area contributed by atoms with Crippen LogP contribution in [0.4, 0.5) is 0 Å². The van der Waals surface area contributed by atoms with Crippen LogP contribution in [0, 0.1) is 11.3 Å². The largest absolute Gasteiger partial charge is 0.394 e. The maximum absolute atomic E-state index is 14.2. The van der Waals surface area contributed by atoms with Crippen LogP contribution in [0.15, 0.2) is 61.2 Å². The number of benzene rings is 2. The fourth-order valence-corrected chi connectivity index (χ4v) is 5.82. The van der Waals surface area contributed by atoms with E-state index in [1.54, 1.807) is 0 Å². The zero-order valence-corrected chi connectivity index (χ0v) is 20.0. The second-order valence-corrected chi connectivity index (χ2v) is 10.2. The number of rotatable bonds is 8. The predicted molar refractivity (Wildman–Crippen MR) is 131 cm³/mol. The van der Waals surface area contributed by atoms with Crippen molar-refractivity contribution in [2.75, 3.05) is 6.61 Å². The SMILES string of the molecule is C=CC[C@@]1(CC)CC(c2cccc(Cl)c2)[C@@H](c2ccc(Cl)cc2)N([C@H](CO)C2CC2)C1=O. The van der Waals surface area contributed by atoms with Gasteiger partial charge in [0, 0.05) is 16.0 Å². The molecule has 2 aliphatic rings. The Morgan fingerprint density at radius 2 is 1.88 bits per heavy atom. The second kappa shape index (κ2) is 9.59. The van der Waals surface area contributed by atoms with Gasteiger partial charge in [-0.25, -0.2) is 0 Å². The summed E-state index contributed by atoms with van der Waals surface area (Å²) in [6.07, 6.45) is 6.01. The van der Waals surface area contributed by atoms with E-state index in [4.69, 9.17) is 23.2 Å². The average Bonchev–Trinajstić information content (AvgIpc) is 3.63.